The number of carbonyl (C=O) groups is 1. The van der Waals surface area contributed by atoms with Gasteiger partial charge in [-0.05, 0) is 52.1 Å². The summed E-state index contributed by atoms with van der Waals surface area (Å²) in [7, 11) is 4.28. The minimum atomic E-state index is 0.0944. The van der Waals surface area contributed by atoms with Crippen LogP contribution in [0, 0.1) is 11.8 Å². The fraction of sp³-hybridized carbons (Fsp3) is 0.941. The summed E-state index contributed by atoms with van der Waals surface area (Å²) in [4.78, 5) is 14.8. The van der Waals surface area contributed by atoms with E-state index in [9.17, 15) is 4.79 Å². The van der Waals surface area contributed by atoms with E-state index in [0.29, 0.717) is 12.0 Å². The molecule has 2 fully saturated rings. The van der Waals surface area contributed by atoms with Crippen LogP contribution >= 0.6 is 0 Å². The summed E-state index contributed by atoms with van der Waals surface area (Å²) in [6, 6.07) is 0.293. The van der Waals surface area contributed by atoms with Crippen molar-refractivity contribution < 1.29 is 4.79 Å². The molecule has 2 rings (SSSR count). The molecule has 0 bridgehead atoms. The lowest BCUT2D eigenvalue weighted by Crippen LogP contribution is -2.52. The van der Waals surface area contributed by atoms with E-state index in [1.807, 2.05) is 0 Å². The Labute approximate surface area is 129 Å². The molecule has 0 spiro atoms. The van der Waals surface area contributed by atoms with E-state index in [1.165, 1.54) is 32.1 Å². The van der Waals surface area contributed by atoms with Gasteiger partial charge in [-0.2, -0.15) is 0 Å². The van der Waals surface area contributed by atoms with Gasteiger partial charge in [0.2, 0.25) is 5.91 Å². The van der Waals surface area contributed by atoms with Crippen molar-refractivity contribution in [2.24, 2.45) is 17.6 Å². The fourth-order valence-electron chi connectivity index (χ4n) is 4.16. The molecule has 2 aliphatic carbocycles. The number of carbonyl (C=O) groups excluding carboxylic acids is 1. The molecule has 0 radical (unpaired) electrons. The number of nitrogens with two attached hydrogens (primary N) is 1. The Bertz CT molecular complexity index is 350. The van der Waals surface area contributed by atoms with Crippen LogP contribution in [-0.4, -0.2) is 43.0 Å². The number of nitrogens with zero attached hydrogens (tertiary/aromatic N) is 1. The first-order valence-corrected chi connectivity index (χ1v) is 8.65. The van der Waals surface area contributed by atoms with Crippen LogP contribution in [0.15, 0.2) is 0 Å². The number of hydrogen-bond donors (Lipinski definition) is 2. The summed E-state index contributed by atoms with van der Waals surface area (Å²) < 4.78 is 0. The molecule has 4 nitrogen and oxygen atoms in total. The third-order valence-electron chi connectivity index (χ3n) is 5.95. The summed E-state index contributed by atoms with van der Waals surface area (Å²) in [5.41, 5.74) is 6.24. The molecular weight excluding hydrogens is 262 g/mol. The largest absolute Gasteiger partial charge is 0.354 e. The van der Waals surface area contributed by atoms with Gasteiger partial charge >= 0.3 is 0 Å². The van der Waals surface area contributed by atoms with Crippen LogP contribution in [0.3, 0.4) is 0 Å². The highest BCUT2D eigenvalue weighted by Crippen LogP contribution is 2.34. The van der Waals surface area contributed by atoms with E-state index in [-0.39, 0.29) is 17.4 Å². The SMILES string of the molecule is CC(C(=O)NCC1(N(C)C)CCCC1)C1CCCC(N)C1. The van der Waals surface area contributed by atoms with Crippen LogP contribution in [0.5, 0.6) is 0 Å². The molecular formula is C17H33N3O. The van der Waals surface area contributed by atoms with Gasteiger partial charge in [0.25, 0.3) is 0 Å². The van der Waals surface area contributed by atoms with Gasteiger partial charge in [-0.15, -0.1) is 0 Å². The Morgan fingerprint density at radius 2 is 1.95 bits per heavy atom. The first-order chi connectivity index (χ1) is 9.94. The minimum absolute atomic E-state index is 0.0944. The third-order valence-corrected chi connectivity index (χ3v) is 5.95. The molecule has 2 saturated carbocycles. The maximum atomic E-state index is 12.5. The highest BCUT2D eigenvalue weighted by molar-refractivity contribution is 5.78. The van der Waals surface area contributed by atoms with Gasteiger partial charge in [0.1, 0.15) is 0 Å². The lowest BCUT2D eigenvalue weighted by Gasteiger charge is -2.37. The maximum absolute atomic E-state index is 12.5. The van der Waals surface area contributed by atoms with Crippen LogP contribution in [0.25, 0.3) is 0 Å². The van der Waals surface area contributed by atoms with Gasteiger partial charge in [0, 0.05) is 24.0 Å². The van der Waals surface area contributed by atoms with Crippen LogP contribution in [0.4, 0.5) is 0 Å². The second-order valence-corrected chi connectivity index (χ2v) is 7.52. The Hall–Kier alpha value is -0.610. The van der Waals surface area contributed by atoms with Crippen molar-refractivity contribution in [2.75, 3.05) is 20.6 Å². The topological polar surface area (TPSA) is 58.4 Å². The number of hydrogen-bond acceptors (Lipinski definition) is 3. The predicted molar refractivity (Wildman–Crippen MR) is 87.0 cm³/mol. The molecule has 0 aromatic heterocycles. The average Bonchev–Trinajstić information content (AvgIpc) is 2.94. The van der Waals surface area contributed by atoms with Crippen LogP contribution < -0.4 is 11.1 Å². The predicted octanol–water partition coefficient (Wildman–Crippen LogP) is 2.13. The van der Waals surface area contributed by atoms with E-state index in [0.717, 1.165) is 25.8 Å². The summed E-state index contributed by atoms with van der Waals surface area (Å²) in [6.07, 6.45) is 9.41. The number of nitrogens with one attached hydrogen (secondary N) is 1. The maximum Gasteiger partial charge on any atom is 0.223 e. The van der Waals surface area contributed by atoms with Crippen molar-refractivity contribution in [3.05, 3.63) is 0 Å². The molecule has 4 heteroatoms. The van der Waals surface area contributed by atoms with Crippen LogP contribution in [0.2, 0.25) is 0 Å². The summed E-state index contributed by atoms with van der Waals surface area (Å²) in [6.45, 7) is 2.87. The molecule has 0 heterocycles. The minimum Gasteiger partial charge on any atom is -0.354 e. The van der Waals surface area contributed by atoms with Crippen molar-refractivity contribution in [2.45, 2.75) is 69.9 Å². The first-order valence-electron chi connectivity index (χ1n) is 8.65. The summed E-state index contributed by atoms with van der Waals surface area (Å²) in [5.74, 6) is 0.784. The highest BCUT2D eigenvalue weighted by atomic mass is 16.1. The van der Waals surface area contributed by atoms with Gasteiger partial charge in [0.15, 0.2) is 0 Å². The molecule has 0 saturated heterocycles. The lowest BCUT2D eigenvalue weighted by atomic mass is 9.78. The highest BCUT2D eigenvalue weighted by Gasteiger charge is 2.37. The molecule has 0 aromatic rings. The normalized spacial score (nSPS) is 30.3. The second kappa shape index (κ2) is 7.10. The molecule has 1 amide bonds. The van der Waals surface area contributed by atoms with Crippen molar-refractivity contribution in [3.8, 4) is 0 Å². The van der Waals surface area contributed by atoms with E-state index in [2.05, 4.69) is 31.2 Å². The lowest BCUT2D eigenvalue weighted by molar-refractivity contribution is -0.127. The van der Waals surface area contributed by atoms with Gasteiger partial charge in [-0.1, -0.05) is 26.2 Å². The zero-order chi connectivity index (χ0) is 15.5. The van der Waals surface area contributed by atoms with Crippen LogP contribution in [0.1, 0.15) is 58.3 Å². The molecule has 3 atom stereocenters. The summed E-state index contributed by atoms with van der Waals surface area (Å²) >= 11 is 0. The second-order valence-electron chi connectivity index (χ2n) is 7.52. The Morgan fingerprint density at radius 3 is 2.52 bits per heavy atom. The van der Waals surface area contributed by atoms with Crippen molar-refractivity contribution >= 4 is 5.91 Å². The van der Waals surface area contributed by atoms with Crippen molar-refractivity contribution in [3.63, 3.8) is 0 Å². The third kappa shape index (κ3) is 3.98. The Kier molecular flexibility index (Phi) is 5.67. The Balaban J connectivity index is 1.85. The van der Waals surface area contributed by atoms with Gasteiger partial charge in [-0.3, -0.25) is 4.79 Å². The molecule has 0 aliphatic heterocycles. The van der Waals surface area contributed by atoms with Crippen LogP contribution in [-0.2, 0) is 4.79 Å². The van der Waals surface area contributed by atoms with E-state index in [4.69, 9.17) is 5.73 Å². The molecule has 122 valence electrons. The van der Waals surface area contributed by atoms with Crippen molar-refractivity contribution in [1.82, 2.24) is 10.2 Å². The number of amides is 1. The zero-order valence-corrected chi connectivity index (χ0v) is 14.0. The fourth-order valence-corrected chi connectivity index (χ4v) is 4.16. The van der Waals surface area contributed by atoms with Gasteiger partial charge < -0.3 is 16.0 Å². The summed E-state index contributed by atoms with van der Waals surface area (Å²) in [5, 5.41) is 3.24. The standard InChI is InChI=1S/C17H33N3O/c1-13(14-7-6-8-15(18)11-14)16(21)19-12-17(20(2)3)9-4-5-10-17/h13-15H,4-12,18H2,1-3H3,(H,19,21). The smallest absolute Gasteiger partial charge is 0.223 e. The van der Waals surface area contributed by atoms with E-state index in [1.54, 1.807) is 0 Å². The molecule has 3 N–H and O–H groups in total. The Morgan fingerprint density at radius 1 is 1.29 bits per heavy atom. The molecule has 3 unspecified atom stereocenters. The monoisotopic (exact) mass is 295 g/mol. The molecule has 2 aliphatic rings. The number of likely N-dealkylation sites (N-methyl/N-ethyl adjacent to an activating group) is 1. The van der Waals surface area contributed by atoms with E-state index >= 15 is 0 Å². The number of rotatable bonds is 5. The molecule has 21 heavy (non-hydrogen) atoms. The van der Waals surface area contributed by atoms with Gasteiger partial charge in [0.05, 0.1) is 0 Å². The average molecular weight is 295 g/mol. The molecule has 0 aromatic carbocycles. The van der Waals surface area contributed by atoms with Gasteiger partial charge in [-0.25, -0.2) is 0 Å². The van der Waals surface area contributed by atoms with Crippen molar-refractivity contribution in [1.29, 1.82) is 0 Å². The van der Waals surface area contributed by atoms with E-state index < -0.39 is 0 Å². The zero-order valence-electron chi connectivity index (χ0n) is 14.0. The quantitative estimate of drug-likeness (QED) is 0.817. The first kappa shape index (κ1) is 16.8.